The molecular weight excluding hydrogens is 431 g/mol. The number of nitrogens with zero attached hydrogens (tertiary/aromatic N) is 3. The topological polar surface area (TPSA) is 85.9 Å². The van der Waals surface area contributed by atoms with Gasteiger partial charge in [0.05, 0.1) is 17.3 Å². The maximum atomic E-state index is 13.4. The van der Waals surface area contributed by atoms with E-state index in [1.54, 1.807) is 24.4 Å². The van der Waals surface area contributed by atoms with E-state index in [4.69, 9.17) is 9.78 Å². The van der Waals surface area contributed by atoms with Crippen LogP contribution in [0.2, 0.25) is 0 Å². The summed E-state index contributed by atoms with van der Waals surface area (Å²) < 4.78 is 18.7. The lowest BCUT2D eigenvalue weighted by atomic mass is 9.91. The zero-order valence-electron chi connectivity index (χ0n) is 17.3. The first-order valence-electron chi connectivity index (χ1n) is 10.4. The molecule has 5 rings (SSSR count). The minimum Gasteiger partial charge on any atom is -0.360 e. The molecule has 1 aliphatic heterocycles. The van der Waals surface area contributed by atoms with Crippen LogP contribution < -0.4 is 0 Å². The summed E-state index contributed by atoms with van der Waals surface area (Å²) in [5.74, 6) is 0.0263. The van der Waals surface area contributed by atoms with Crippen molar-refractivity contribution in [2.75, 3.05) is 19.6 Å². The molecule has 1 aliphatic rings. The molecule has 1 saturated heterocycles. The normalized spacial score (nSPS) is 15.0. The average Bonchev–Trinajstić information content (AvgIpc) is 3.41. The smallest absolute Gasteiger partial charge is 0.170 e. The van der Waals surface area contributed by atoms with Gasteiger partial charge in [-0.3, -0.25) is 4.79 Å². The number of likely N-dealkylation sites (tertiary alicyclic amines) is 1. The summed E-state index contributed by atoms with van der Waals surface area (Å²) in [4.78, 5) is 18.2. The number of H-pyrrole nitrogens is 1. The van der Waals surface area contributed by atoms with Gasteiger partial charge in [0.2, 0.25) is 0 Å². The number of Topliss-reactive ketones (excluding diaryl/α,β-unsaturated/α-hetero) is 1. The number of aromatic amines is 1. The zero-order valence-corrected chi connectivity index (χ0v) is 18.1. The van der Waals surface area contributed by atoms with Gasteiger partial charge in [-0.2, -0.15) is 5.26 Å². The van der Waals surface area contributed by atoms with Gasteiger partial charge in [-0.25, -0.2) is 4.39 Å². The fourth-order valence-electron chi connectivity index (χ4n) is 4.47. The average molecular weight is 453 g/mol. The van der Waals surface area contributed by atoms with Gasteiger partial charge >= 0.3 is 0 Å². The third kappa shape index (κ3) is 4.12. The number of piperidine rings is 1. The Morgan fingerprint density at radius 3 is 2.81 bits per heavy atom. The molecule has 32 heavy (non-hydrogen) atoms. The van der Waals surface area contributed by atoms with Crippen LogP contribution in [0, 0.1) is 17.1 Å². The second kappa shape index (κ2) is 9.11. The highest BCUT2D eigenvalue weighted by Crippen LogP contribution is 2.33. The monoisotopic (exact) mass is 452 g/mol. The van der Waals surface area contributed by atoms with Gasteiger partial charge in [-0.05, 0) is 56.3 Å². The van der Waals surface area contributed by atoms with E-state index in [1.807, 2.05) is 6.07 Å². The lowest BCUT2D eigenvalue weighted by Gasteiger charge is -2.30. The molecule has 8 heteroatoms. The first kappa shape index (κ1) is 22.0. The number of hydrogen-bond donors (Lipinski definition) is 1. The summed E-state index contributed by atoms with van der Waals surface area (Å²) in [6.07, 6.45) is 4.01. The third-order valence-electron chi connectivity index (χ3n) is 6.20. The first-order valence-corrected chi connectivity index (χ1v) is 10.4. The molecule has 1 fully saturated rings. The van der Waals surface area contributed by atoms with Crippen LogP contribution >= 0.6 is 12.4 Å². The standard InChI is InChI=1S/C24H21FN4O2.ClH/c25-17-2-3-18-23(12-17)31-28-24(18)16-5-8-29(9-6-16)10-7-22(30)20-14-27-21-4-1-15(13-26)11-19(20)21;/h1-4,11-12,14,16,27H,5-10H2;1H. The van der Waals surface area contributed by atoms with Gasteiger partial charge in [-0.1, -0.05) is 5.16 Å². The molecule has 2 aromatic carbocycles. The van der Waals surface area contributed by atoms with Gasteiger partial charge in [0.15, 0.2) is 11.4 Å². The van der Waals surface area contributed by atoms with E-state index in [2.05, 4.69) is 21.1 Å². The number of aromatic nitrogens is 2. The Balaban J connectivity index is 0.00000245. The summed E-state index contributed by atoms with van der Waals surface area (Å²) >= 11 is 0. The molecule has 1 N–H and O–H groups in total. The molecular formula is C24H22ClFN4O2. The Morgan fingerprint density at radius 2 is 2.03 bits per heavy atom. The maximum absolute atomic E-state index is 13.4. The number of rotatable bonds is 5. The van der Waals surface area contributed by atoms with Gasteiger partial charge in [-0.15, -0.1) is 12.4 Å². The van der Waals surface area contributed by atoms with E-state index >= 15 is 0 Å². The Hall–Kier alpha value is -3.21. The van der Waals surface area contributed by atoms with Crippen molar-refractivity contribution in [3.63, 3.8) is 0 Å². The predicted octanol–water partition coefficient (Wildman–Crippen LogP) is 5.19. The molecule has 2 aromatic heterocycles. The number of fused-ring (bicyclic) bond motifs is 2. The second-order valence-electron chi connectivity index (χ2n) is 8.07. The van der Waals surface area contributed by atoms with Gasteiger partial charge in [0, 0.05) is 53.0 Å². The zero-order chi connectivity index (χ0) is 21.4. The Labute approximate surface area is 190 Å². The molecule has 0 spiro atoms. The summed E-state index contributed by atoms with van der Waals surface area (Å²) in [6, 6.07) is 12.0. The van der Waals surface area contributed by atoms with Gasteiger partial charge in [0.1, 0.15) is 5.82 Å². The highest BCUT2D eigenvalue weighted by Gasteiger charge is 2.25. The molecule has 164 valence electrons. The van der Waals surface area contributed by atoms with Crippen LogP contribution in [0.1, 0.15) is 46.8 Å². The Bertz CT molecular complexity index is 1310. The molecule has 0 saturated carbocycles. The summed E-state index contributed by atoms with van der Waals surface area (Å²) in [5, 5.41) is 15.0. The summed E-state index contributed by atoms with van der Waals surface area (Å²) in [6.45, 7) is 2.45. The molecule has 4 aromatic rings. The van der Waals surface area contributed by atoms with Crippen molar-refractivity contribution in [1.82, 2.24) is 15.0 Å². The lowest BCUT2D eigenvalue weighted by molar-refractivity contribution is 0.0958. The van der Waals surface area contributed by atoms with E-state index in [1.165, 1.54) is 12.1 Å². The van der Waals surface area contributed by atoms with Crippen LogP contribution in [0.4, 0.5) is 4.39 Å². The highest BCUT2D eigenvalue weighted by atomic mass is 35.5. The van der Waals surface area contributed by atoms with Crippen LogP contribution in [0.15, 0.2) is 47.1 Å². The molecule has 6 nitrogen and oxygen atoms in total. The van der Waals surface area contributed by atoms with Gasteiger partial charge < -0.3 is 14.4 Å². The summed E-state index contributed by atoms with van der Waals surface area (Å²) in [7, 11) is 0. The predicted molar refractivity (Wildman–Crippen MR) is 122 cm³/mol. The van der Waals surface area contributed by atoms with Crippen LogP contribution in [0.5, 0.6) is 0 Å². The van der Waals surface area contributed by atoms with Crippen molar-refractivity contribution in [2.24, 2.45) is 0 Å². The number of ketones is 1. The third-order valence-corrected chi connectivity index (χ3v) is 6.20. The highest BCUT2D eigenvalue weighted by molar-refractivity contribution is 6.08. The minimum atomic E-state index is -0.325. The van der Waals surface area contributed by atoms with Crippen molar-refractivity contribution in [2.45, 2.75) is 25.2 Å². The van der Waals surface area contributed by atoms with Crippen molar-refractivity contribution in [3.05, 3.63) is 65.2 Å². The number of nitriles is 1. The Morgan fingerprint density at radius 1 is 1.22 bits per heavy atom. The number of carbonyl (C=O) groups excluding carboxylic acids is 1. The fraction of sp³-hybridized carbons (Fsp3) is 0.292. The van der Waals surface area contributed by atoms with E-state index in [9.17, 15) is 9.18 Å². The molecule has 0 radical (unpaired) electrons. The number of benzene rings is 2. The maximum Gasteiger partial charge on any atom is 0.170 e. The minimum absolute atomic E-state index is 0. The SMILES string of the molecule is Cl.N#Cc1ccc2[nH]cc(C(=O)CCN3CCC(c4noc5cc(F)ccc45)CC3)c2c1. The molecule has 3 heterocycles. The molecule has 0 aliphatic carbocycles. The van der Waals surface area contributed by atoms with Crippen molar-refractivity contribution in [3.8, 4) is 6.07 Å². The van der Waals surface area contributed by atoms with E-state index in [-0.39, 0.29) is 29.9 Å². The largest absolute Gasteiger partial charge is 0.360 e. The van der Waals surface area contributed by atoms with Crippen molar-refractivity contribution >= 4 is 40.1 Å². The number of hydrogen-bond acceptors (Lipinski definition) is 5. The lowest BCUT2D eigenvalue weighted by Crippen LogP contribution is -2.34. The quantitative estimate of drug-likeness (QED) is 0.421. The molecule has 0 atom stereocenters. The van der Waals surface area contributed by atoms with E-state index < -0.39 is 0 Å². The van der Waals surface area contributed by atoms with E-state index in [0.29, 0.717) is 29.7 Å². The Kier molecular flexibility index (Phi) is 6.26. The van der Waals surface area contributed by atoms with Gasteiger partial charge in [0.25, 0.3) is 0 Å². The van der Waals surface area contributed by atoms with Crippen LogP contribution in [0.25, 0.3) is 21.9 Å². The fourth-order valence-corrected chi connectivity index (χ4v) is 4.47. The second-order valence-corrected chi connectivity index (χ2v) is 8.07. The van der Waals surface area contributed by atoms with Crippen molar-refractivity contribution < 1.29 is 13.7 Å². The molecule has 0 bridgehead atoms. The number of halogens is 2. The van der Waals surface area contributed by atoms with E-state index in [0.717, 1.165) is 47.9 Å². The first-order chi connectivity index (χ1) is 15.1. The number of carbonyl (C=O) groups is 1. The molecule has 0 unspecified atom stereocenters. The van der Waals surface area contributed by atoms with Crippen LogP contribution in [0.3, 0.4) is 0 Å². The van der Waals surface area contributed by atoms with Crippen LogP contribution in [-0.2, 0) is 0 Å². The van der Waals surface area contributed by atoms with Crippen molar-refractivity contribution in [1.29, 1.82) is 5.26 Å². The molecule has 0 amide bonds. The summed E-state index contributed by atoms with van der Waals surface area (Å²) in [5.41, 5.74) is 3.44. The van der Waals surface area contributed by atoms with Crippen LogP contribution in [-0.4, -0.2) is 40.5 Å². The number of nitrogens with one attached hydrogen (secondary N) is 1.